The molecule has 0 rings (SSSR count). The first kappa shape index (κ1) is 31.9. The Balaban J connectivity index is 3.38. The molecular weight excluding hydrogens is 416 g/mol. The van der Waals surface area contributed by atoms with Gasteiger partial charge in [-0.15, -0.1) is 0 Å². The van der Waals surface area contributed by atoms with Gasteiger partial charge >= 0.3 is 11.9 Å². The lowest BCUT2D eigenvalue weighted by Gasteiger charge is -2.12. The van der Waals surface area contributed by atoms with Gasteiger partial charge in [0.05, 0.1) is 0 Å². The number of unbranched alkanes of at least 4 members (excludes halogenated alkanes) is 17. The van der Waals surface area contributed by atoms with Crippen molar-refractivity contribution < 1.29 is 24.2 Å². The number of esters is 2. The molecule has 0 saturated heterocycles. The number of hydrogen-bond donors (Lipinski definition) is 1. The molecule has 0 spiro atoms. The van der Waals surface area contributed by atoms with Crippen LogP contribution in [0, 0.1) is 0 Å². The van der Waals surface area contributed by atoms with Gasteiger partial charge in [0.15, 0.2) is 0 Å². The summed E-state index contributed by atoms with van der Waals surface area (Å²) in [6.07, 6.45) is 23.1. The summed E-state index contributed by atoms with van der Waals surface area (Å²) in [7, 11) is 0. The molecule has 5 heteroatoms. The number of aliphatic hydroxyl groups is 1. The molecule has 0 fully saturated rings. The second-order valence-corrected chi connectivity index (χ2v) is 9.53. The fourth-order valence-electron chi connectivity index (χ4n) is 3.91. The highest BCUT2D eigenvalue weighted by atomic mass is 16.6. The first-order valence-corrected chi connectivity index (χ1v) is 14.1. The summed E-state index contributed by atoms with van der Waals surface area (Å²) in [5.41, 5.74) is 0. The van der Waals surface area contributed by atoms with Gasteiger partial charge in [0.2, 0.25) is 0 Å². The third-order valence-electron chi connectivity index (χ3n) is 6.09. The van der Waals surface area contributed by atoms with Crippen LogP contribution in [0.25, 0.3) is 0 Å². The van der Waals surface area contributed by atoms with Crippen molar-refractivity contribution in [3.63, 3.8) is 0 Å². The Morgan fingerprint density at radius 2 is 0.788 bits per heavy atom. The minimum Gasteiger partial charge on any atom is -0.463 e. The van der Waals surface area contributed by atoms with Gasteiger partial charge in [-0.2, -0.15) is 0 Å². The van der Waals surface area contributed by atoms with Crippen molar-refractivity contribution >= 4 is 11.9 Å². The predicted molar refractivity (Wildman–Crippen MR) is 136 cm³/mol. The minimum atomic E-state index is -0.950. The Bertz CT molecular complexity index is 438. The summed E-state index contributed by atoms with van der Waals surface area (Å²) < 4.78 is 10.1. The zero-order valence-electron chi connectivity index (χ0n) is 21.9. The van der Waals surface area contributed by atoms with E-state index in [1.165, 1.54) is 89.9 Å². The number of carbonyl (C=O) groups excluding carboxylic acids is 2. The maximum absolute atomic E-state index is 11.8. The summed E-state index contributed by atoms with van der Waals surface area (Å²) in [6.45, 7) is 4.20. The highest BCUT2D eigenvalue weighted by Crippen LogP contribution is 2.13. The molecule has 5 nitrogen and oxygen atoms in total. The van der Waals surface area contributed by atoms with Crippen molar-refractivity contribution in [1.29, 1.82) is 0 Å². The fraction of sp³-hybridized carbons (Fsp3) is 0.929. The number of hydrogen-bond acceptors (Lipinski definition) is 5. The Morgan fingerprint density at radius 1 is 0.515 bits per heavy atom. The molecular formula is C28H54O5. The molecule has 0 aliphatic rings. The van der Waals surface area contributed by atoms with Crippen LogP contribution in [-0.4, -0.2) is 36.4 Å². The molecule has 1 N–H and O–H groups in total. The molecule has 0 heterocycles. The van der Waals surface area contributed by atoms with E-state index in [2.05, 4.69) is 13.8 Å². The molecule has 0 aliphatic carbocycles. The van der Waals surface area contributed by atoms with E-state index in [1.54, 1.807) is 0 Å². The van der Waals surface area contributed by atoms with Gasteiger partial charge in [-0.25, -0.2) is 0 Å². The van der Waals surface area contributed by atoms with Crippen molar-refractivity contribution in [3.05, 3.63) is 0 Å². The summed E-state index contributed by atoms with van der Waals surface area (Å²) >= 11 is 0. The van der Waals surface area contributed by atoms with E-state index in [4.69, 9.17) is 9.47 Å². The Morgan fingerprint density at radius 3 is 1.09 bits per heavy atom. The monoisotopic (exact) mass is 470 g/mol. The van der Waals surface area contributed by atoms with Gasteiger partial charge in [0.1, 0.15) is 19.3 Å². The molecule has 0 bridgehead atoms. The maximum Gasteiger partial charge on any atom is 0.305 e. The molecule has 0 aliphatic heterocycles. The van der Waals surface area contributed by atoms with Crippen LogP contribution >= 0.6 is 0 Å². The van der Waals surface area contributed by atoms with Gasteiger partial charge in [-0.1, -0.05) is 123 Å². The molecule has 0 aromatic heterocycles. The third-order valence-corrected chi connectivity index (χ3v) is 6.09. The lowest BCUT2D eigenvalue weighted by atomic mass is 10.0. The van der Waals surface area contributed by atoms with E-state index < -0.39 is 6.10 Å². The van der Waals surface area contributed by atoms with Crippen molar-refractivity contribution in [2.24, 2.45) is 0 Å². The zero-order valence-corrected chi connectivity index (χ0v) is 21.9. The molecule has 0 saturated carbocycles. The smallest absolute Gasteiger partial charge is 0.305 e. The van der Waals surface area contributed by atoms with Gasteiger partial charge in [-0.3, -0.25) is 9.59 Å². The highest BCUT2D eigenvalue weighted by molar-refractivity contribution is 5.69. The van der Waals surface area contributed by atoms with Crippen LogP contribution in [-0.2, 0) is 19.1 Å². The van der Waals surface area contributed by atoms with Gasteiger partial charge in [0, 0.05) is 12.8 Å². The van der Waals surface area contributed by atoms with E-state index in [0.29, 0.717) is 12.8 Å². The van der Waals surface area contributed by atoms with Crippen LogP contribution < -0.4 is 0 Å². The average molecular weight is 471 g/mol. The largest absolute Gasteiger partial charge is 0.463 e. The minimum absolute atomic E-state index is 0.110. The van der Waals surface area contributed by atoms with Crippen molar-refractivity contribution in [1.82, 2.24) is 0 Å². The maximum atomic E-state index is 11.8. The summed E-state index contributed by atoms with van der Waals surface area (Å²) in [6, 6.07) is 0. The second kappa shape index (κ2) is 25.5. The summed E-state index contributed by atoms with van der Waals surface area (Å²) in [4.78, 5) is 23.4. The van der Waals surface area contributed by atoms with E-state index in [-0.39, 0.29) is 25.2 Å². The number of ether oxygens (including phenoxy) is 2. The van der Waals surface area contributed by atoms with Crippen molar-refractivity contribution in [2.45, 2.75) is 155 Å². The zero-order chi connectivity index (χ0) is 24.4. The van der Waals surface area contributed by atoms with Crippen molar-refractivity contribution in [3.8, 4) is 0 Å². The van der Waals surface area contributed by atoms with Gasteiger partial charge in [-0.05, 0) is 12.8 Å². The lowest BCUT2D eigenvalue weighted by molar-refractivity contribution is -0.152. The normalized spacial score (nSPS) is 12.0. The summed E-state index contributed by atoms with van der Waals surface area (Å²) in [5.74, 6) is -0.575. The molecule has 1 atom stereocenters. The molecule has 0 radical (unpaired) electrons. The van der Waals surface area contributed by atoms with E-state index in [9.17, 15) is 14.7 Å². The van der Waals surface area contributed by atoms with Crippen LogP contribution in [0.1, 0.15) is 149 Å². The van der Waals surface area contributed by atoms with Crippen LogP contribution in [0.4, 0.5) is 0 Å². The van der Waals surface area contributed by atoms with Gasteiger partial charge in [0.25, 0.3) is 0 Å². The molecule has 196 valence electrons. The first-order chi connectivity index (χ1) is 16.1. The van der Waals surface area contributed by atoms with E-state index >= 15 is 0 Å². The Hall–Kier alpha value is -1.10. The molecule has 0 aromatic rings. The third kappa shape index (κ3) is 25.4. The summed E-state index contributed by atoms with van der Waals surface area (Å²) in [5, 5.41) is 9.83. The number of rotatable bonds is 25. The number of aliphatic hydroxyl groups excluding tert-OH is 1. The van der Waals surface area contributed by atoms with Crippen LogP contribution in [0.3, 0.4) is 0 Å². The molecule has 33 heavy (non-hydrogen) atoms. The van der Waals surface area contributed by atoms with E-state index in [1.807, 2.05) is 0 Å². The Labute approximate surface area is 204 Å². The topological polar surface area (TPSA) is 72.8 Å². The molecule has 0 unspecified atom stereocenters. The lowest BCUT2D eigenvalue weighted by Crippen LogP contribution is -2.25. The average Bonchev–Trinajstić information content (AvgIpc) is 2.81. The SMILES string of the molecule is CCCCCCCCCCCCCCCCC(=O)OC[C@@H](O)COC(=O)CCCCCCC. The van der Waals surface area contributed by atoms with Crippen LogP contribution in [0.15, 0.2) is 0 Å². The second-order valence-electron chi connectivity index (χ2n) is 9.53. The van der Waals surface area contributed by atoms with E-state index in [0.717, 1.165) is 32.1 Å². The highest BCUT2D eigenvalue weighted by Gasteiger charge is 2.12. The van der Waals surface area contributed by atoms with Crippen LogP contribution in [0.2, 0.25) is 0 Å². The standard InChI is InChI=1S/C28H54O5/c1-3-5-7-9-10-11-12-13-14-15-16-17-19-21-23-28(31)33-25-26(29)24-32-27(30)22-20-18-8-6-4-2/h26,29H,3-25H2,1-2H3/t26-/m0/s1. The van der Waals surface area contributed by atoms with Crippen molar-refractivity contribution in [2.75, 3.05) is 13.2 Å². The Kier molecular flexibility index (Phi) is 24.7. The van der Waals surface area contributed by atoms with Crippen LogP contribution in [0.5, 0.6) is 0 Å². The predicted octanol–water partition coefficient (Wildman–Crippen LogP) is 7.67. The van der Waals surface area contributed by atoms with Gasteiger partial charge < -0.3 is 14.6 Å². The quantitative estimate of drug-likeness (QED) is 0.109. The molecule has 0 amide bonds. The first-order valence-electron chi connectivity index (χ1n) is 14.1. The molecule has 0 aromatic carbocycles. The number of carbonyl (C=O) groups is 2. The fourth-order valence-corrected chi connectivity index (χ4v) is 3.91.